The number of sulfonamides is 1. The Labute approximate surface area is 166 Å². The van der Waals surface area contributed by atoms with Crippen molar-refractivity contribution in [2.75, 3.05) is 17.6 Å². The van der Waals surface area contributed by atoms with E-state index < -0.39 is 10.0 Å². The van der Waals surface area contributed by atoms with Crippen molar-refractivity contribution in [1.29, 1.82) is 0 Å². The molecular weight excluding hydrogens is 384 g/mol. The van der Waals surface area contributed by atoms with E-state index in [4.69, 9.17) is 11.6 Å². The quantitative estimate of drug-likeness (QED) is 0.807. The van der Waals surface area contributed by atoms with Gasteiger partial charge in [-0.15, -0.1) is 0 Å². The second kappa shape index (κ2) is 7.90. The largest absolute Gasteiger partial charge is 0.345 e. The van der Waals surface area contributed by atoms with Crippen LogP contribution in [0.3, 0.4) is 0 Å². The van der Waals surface area contributed by atoms with Gasteiger partial charge in [-0.1, -0.05) is 23.7 Å². The first-order valence-corrected chi connectivity index (χ1v) is 10.8. The van der Waals surface area contributed by atoms with Crippen molar-refractivity contribution < 1.29 is 13.2 Å². The number of halogens is 1. The van der Waals surface area contributed by atoms with Gasteiger partial charge in [0.25, 0.3) is 5.91 Å². The van der Waals surface area contributed by atoms with Gasteiger partial charge in [0.1, 0.15) is 0 Å². The van der Waals surface area contributed by atoms with Crippen molar-refractivity contribution >= 4 is 33.2 Å². The maximum atomic E-state index is 12.7. The van der Waals surface area contributed by atoms with Crippen LogP contribution in [0.1, 0.15) is 45.6 Å². The number of amides is 1. The third-order valence-electron chi connectivity index (χ3n) is 4.75. The summed E-state index contributed by atoms with van der Waals surface area (Å²) in [7, 11) is -1.96. The molecule has 0 heterocycles. The summed E-state index contributed by atoms with van der Waals surface area (Å²) in [4.78, 5) is 12.7. The van der Waals surface area contributed by atoms with Gasteiger partial charge in [0.2, 0.25) is 10.0 Å². The normalized spacial score (nSPS) is 12.6. The molecule has 0 unspecified atom stereocenters. The van der Waals surface area contributed by atoms with Crippen LogP contribution in [0.15, 0.2) is 30.3 Å². The van der Waals surface area contributed by atoms with E-state index in [2.05, 4.69) is 24.4 Å². The topological polar surface area (TPSA) is 66.5 Å². The van der Waals surface area contributed by atoms with Crippen molar-refractivity contribution in [1.82, 2.24) is 5.32 Å². The highest BCUT2D eigenvalue weighted by atomic mass is 35.5. The van der Waals surface area contributed by atoms with Gasteiger partial charge in [0, 0.05) is 7.05 Å². The minimum atomic E-state index is -3.40. The van der Waals surface area contributed by atoms with Gasteiger partial charge in [-0.3, -0.25) is 9.10 Å². The highest BCUT2D eigenvalue weighted by molar-refractivity contribution is 7.92. The Morgan fingerprint density at radius 1 is 1.07 bits per heavy atom. The highest BCUT2D eigenvalue weighted by Gasteiger charge is 2.18. The number of rotatable bonds is 5. The molecule has 0 spiro atoms. The van der Waals surface area contributed by atoms with Crippen LogP contribution in [-0.4, -0.2) is 27.6 Å². The van der Waals surface area contributed by atoms with E-state index in [0.29, 0.717) is 11.3 Å². The fraction of sp³-hybridized carbons (Fsp3) is 0.350. The third-order valence-corrected chi connectivity index (χ3v) is 6.27. The van der Waals surface area contributed by atoms with E-state index >= 15 is 0 Å². The minimum Gasteiger partial charge on any atom is -0.345 e. The minimum absolute atomic E-state index is 0.189. The summed E-state index contributed by atoms with van der Waals surface area (Å²) in [6.07, 6.45) is 1.11. The van der Waals surface area contributed by atoms with Gasteiger partial charge in [0.15, 0.2) is 0 Å². The predicted octanol–water partition coefficient (Wildman–Crippen LogP) is 4.15. The fourth-order valence-corrected chi connectivity index (χ4v) is 3.63. The van der Waals surface area contributed by atoms with Crippen LogP contribution < -0.4 is 9.62 Å². The first-order chi connectivity index (χ1) is 12.4. The molecule has 1 N–H and O–H groups in total. The summed E-state index contributed by atoms with van der Waals surface area (Å²) < 4.78 is 24.4. The second-order valence-electron chi connectivity index (χ2n) is 6.88. The zero-order valence-corrected chi connectivity index (χ0v) is 18.0. The molecule has 0 fully saturated rings. The monoisotopic (exact) mass is 408 g/mol. The number of nitrogens with one attached hydrogen (secondary N) is 1. The summed E-state index contributed by atoms with van der Waals surface area (Å²) in [5, 5.41) is 3.16. The van der Waals surface area contributed by atoms with Crippen molar-refractivity contribution in [3.8, 4) is 0 Å². The molecule has 2 aromatic rings. The number of benzene rings is 2. The number of anilines is 1. The number of carbonyl (C=O) groups excluding carboxylic acids is 1. The van der Waals surface area contributed by atoms with E-state index in [9.17, 15) is 13.2 Å². The zero-order valence-electron chi connectivity index (χ0n) is 16.4. The summed E-state index contributed by atoms with van der Waals surface area (Å²) in [5.74, 6) is -0.307. The third kappa shape index (κ3) is 4.82. The summed E-state index contributed by atoms with van der Waals surface area (Å²) in [5.41, 5.74) is 5.25. The Bertz CT molecular complexity index is 987. The smallest absolute Gasteiger partial charge is 0.253 e. The molecule has 0 saturated heterocycles. The molecular formula is C20H25ClN2O3S. The molecule has 0 saturated carbocycles. The van der Waals surface area contributed by atoms with Crippen molar-refractivity contribution in [2.45, 2.75) is 33.7 Å². The van der Waals surface area contributed by atoms with E-state index in [-0.39, 0.29) is 17.0 Å². The van der Waals surface area contributed by atoms with E-state index in [0.717, 1.165) is 21.7 Å². The molecule has 1 amide bonds. The maximum Gasteiger partial charge on any atom is 0.253 e. The lowest BCUT2D eigenvalue weighted by Gasteiger charge is -2.20. The molecule has 0 radical (unpaired) electrons. The Balaban J connectivity index is 2.25. The first kappa shape index (κ1) is 21.3. The Kier molecular flexibility index (Phi) is 6.22. The molecule has 27 heavy (non-hydrogen) atoms. The standard InChI is InChI=1S/C20H25ClN2O3S/c1-12-9-14(3)18(10-13(12)2)15(4)22-20(24)17-8-7-16(11-19(17)21)23(5)27(6,25)26/h7-11,15H,1-6H3,(H,22,24)/t15-/m0/s1. The Hall–Kier alpha value is -2.05. The molecule has 0 aliphatic heterocycles. The van der Waals surface area contributed by atoms with Crippen LogP contribution in [0.5, 0.6) is 0 Å². The summed E-state index contributed by atoms with van der Waals surface area (Å²) >= 11 is 6.24. The average Bonchev–Trinajstić information content (AvgIpc) is 2.56. The predicted molar refractivity (Wildman–Crippen MR) is 111 cm³/mol. The van der Waals surface area contributed by atoms with Gasteiger partial charge in [-0.25, -0.2) is 8.42 Å². The van der Waals surface area contributed by atoms with Gasteiger partial charge < -0.3 is 5.32 Å². The zero-order chi connectivity index (χ0) is 20.5. The molecule has 0 bridgehead atoms. The van der Waals surface area contributed by atoms with Gasteiger partial charge in [-0.05, 0) is 68.1 Å². The molecule has 0 aliphatic carbocycles. The van der Waals surface area contributed by atoms with Crippen LogP contribution in [0.4, 0.5) is 5.69 Å². The van der Waals surface area contributed by atoms with Crippen LogP contribution in [0.2, 0.25) is 5.02 Å². The number of aryl methyl sites for hydroxylation is 3. The van der Waals surface area contributed by atoms with Gasteiger partial charge in [0.05, 0.1) is 28.6 Å². The molecule has 146 valence electrons. The SMILES string of the molecule is Cc1cc(C)c([C@H](C)NC(=O)c2ccc(N(C)S(C)(=O)=O)cc2Cl)cc1C. The molecule has 2 rings (SSSR count). The Morgan fingerprint density at radius 2 is 1.67 bits per heavy atom. The number of carbonyl (C=O) groups is 1. The lowest BCUT2D eigenvalue weighted by atomic mass is 9.96. The van der Waals surface area contributed by atoms with E-state index in [1.807, 2.05) is 20.8 Å². The summed E-state index contributed by atoms with van der Waals surface area (Å²) in [6.45, 7) is 8.05. The van der Waals surface area contributed by atoms with Crippen LogP contribution in [-0.2, 0) is 10.0 Å². The fourth-order valence-electron chi connectivity index (χ4n) is 2.88. The van der Waals surface area contributed by atoms with Crippen LogP contribution >= 0.6 is 11.6 Å². The van der Waals surface area contributed by atoms with Crippen LogP contribution in [0, 0.1) is 20.8 Å². The first-order valence-electron chi connectivity index (χ1n) is 8.54. The maximum absolute atomic E-state index is 12.7. The van der Waals surface area contributed by atoms with E-state index in [1.165, 1.54) is 30.3 Å². The molecule has 0 aromatic heterocycles. The van der Waals surface area contributed by atoms with Crippen molar-refractivity contribution in [2.24, 2.45) is 0 Å². The van der Waals surface area contributed by atoms with E-state index in [1.54, 1.807) is 6.07 Å². The molecule has 1 atom stereocenters. The summed E-state index contributed by atoms with van der Waals surface area (Å²) in [6, 6.07) is 8.58. The van der Waals surface area contributed by atoms with Crippen LogP contribution in [0.25, 0.3) is 0 Å². The Morgan fingerprint density at radius 3 is 2.22 bits per heavy atom. The molecule has 2 aromatic carbocycles. The lowest BCUT2D eigenvalue weighted by molar-refractivity contribution is 0.0940. The molecule has 0 aliphatic rings. The average molecular weight is 409 g/mol. The number of hydrogen-bond donors (Lipinski definition) is 1. The van der Waals surface area contributed by atoms with Crippen molar-refractivity contribution in [3.63, 3.8) is 0 Å². The highest BCUT2D eigenvalue weighted by Crippen LogP contribution is 2.26. The molecule has 7 heteroatoms. The van der Waals surface area contributed by atoms with Gasteiger partial charge >= 0.3 is 0 Å². The van der Waals surface area contributed by atoms with Crippen molar-refractivity contribution in [3.05, 3.63) is 63.2 Å². The number of nitrogens with zero attached hydrogens (tertiary/aromatic N) is 1. The lowest BCUT2D eigenvalue weighted by Crippen LogP contribution is -2.28. The molecule has 5 nitrogen and oxygen atoms in total. The number of hydrogen-bond acceptors (Lipinski definition) is 3. The second-order valence-corrected chi connectivity index (χ2v) is 9.30. The van der Waals surface area contributed by atoms with Gasteiger partial charge in [-0.2, -0.15) is 0 Å².